The monoisotopic (exact) mass is 175 g/mol. The van der Waals surface area contributed by atoms with Crippen LogP contribution in [0.2, 0.25) is 0 Å². The molecule has 3 nitrogen and oxygen atoms in total. The zero-order valence-corrected chi connectivity index (χ0v) is 8.13. The lowest BCUT2D eigenvalue weighted by Gasteiger charge is -1.97. The van der Waals surface area contributed by atoms with Gasteiger partial charge in [0.15, 0.2) is 0 Å². The fourth-order valence-corrected chi connectivity index (χ4v) is 1.74. The minimum absolute atomic E-state index is 0.763. The molecule has 0 bridgehead atoms. The van der Waals surface area contributed by atoms with Gasteiger partial charge in [0.05, 0.1) is 23.6 Å². The van der Waals surface area contributed by atoms with Crippen LogP contribution in [-0.2, 0) is 7.05 Å². The number of hydrogen-bond donors (Lipinski definition) is 1. The van der Waals surface area contributed by atoms with Crippen LogP contribution in [0, 0.1) is 13.8 Å². The van der Waals surface area contributed by atoms with Crippen molar-refractivity contribution < 1.29 is 0 Å². The van der Waals surface area contributed by atoms with Gasteiger partial charge in [0.1, 0.15) is 0 Å². The molecule has 68 valence electrons. The van der Waals surface area contributed by atoms with Crippen molar-refractivity contribution in [3.63, 3.8) is 0 Å². The van der Waals surface area contributed by atoms with Crippen LogP contribution >= 0.6 is 0 Å². The first kappa shape index (κ1) is 8.10. The van der Waals surface area contributed by atoms with Gasteiger partial charge in [-0.15, -0.1) is 0 Å². The molecule has 0 amide bonds. The molecule has 0 spiro atoms. The van der Waals surface area contributed by atoms with Gasteiger partial charge in [0.2, 0.25) is 0 Å². The number of aryl methyl sites for hydroxylation is 2. The molecule has 2 aromatic rings. The highest BCUT2D eigenvalue weighted by Gasteiger charge is 2.09. The first-order chi connectivity index (χ1) is 6.13. The van der Waals surface area contributed by atoms with Crippen LogP contribution in [0.3, 0.4) is 0 Å². The molecule has 0 aromatic carbocycles. The molecular formula is C10H13N3. The number of rotatable bonds is 0. The summed E-state index contributed by atoms with van der Waals surface area (Å²) in [5.41, 5.74) is 10.2. The van der Waals surface area contributed by atoms with Gasteiger partial charge in [-0.2, -0.15) is 0 Å². The van der Waals surface area contributed by atoms with Crippen LogP contribution in [0.25, 0.3) is 10.9 Å². The van der Waals surface area contributed by atoms with Crippen LogP contribution < -0.4 is 5.73 Å². The molecule has 0 unspecified atom stereocenters. The van der Waals surface area contributed by atoms with Crippen molar-refractivity contribution in [1.29, 1.82) is 0 Å². The summed E-state index contributed by atoms with van der Waals surface area (Å²) < 4.78 is 2.12. The van der Waals surface area contributed by atoms with E-state index in [0.717, 1.165) is 16.6 Å². The number of hydrogen-bond acceptors (Lipinski definition) is 2. The van der Waals surface area contributed by atoms with Gasteiger partial charge < -0.3 is 10.3 Å². The summed E-state index contributed by atoms with van der Waals surface area (Å²) in [6, 6.07) is 0. The van der Waals surface area contributed by atoms with Crippen LogP contribution in [0.5, 0.6) is 0 Å². The topological polar surface area (TPSA) is 43.8 Å². The molecule has 0 radical (unpaired) electrons. The third-order valence-electron chi connectivity index (χ3n) is 2.74. The maximum Gasteiger partial charge on any atom is 0.0689 e. The lowest BCUT2D eigenvalue weighted by atomic mass is 10.2. The van der Waals surface area contributed by atoms with Crippen LogP contribution in [0.15, 0.2) is 12.4 Å². The van der Waals surface area contributed by atoms with Crippen molar-refractivity contribution in [3.8, 4) is 0 Å². The average Bonchev–Trinajstić information content (AvgIpc) is 2.33. The Morgan fingerprint density at radius 1 is 1.31 bits per heavy atom. The summed E-state index contributed by atoms with van der Waals surface area (Å²) in [7, 11) is 2.03. The fraction of sp³-hybridized carbons (Fsp3) is 0.300. The van der Waals surface area contributed by atoms with E-state index < -0.39 is 0 Å². The van der Waals surface area contributed by atoms with E-state index in [1.807, 2.05) is 13.2 Å². The Balaban J connectivity index is 3.03. The Bertz CT molecular complexity index is 468. The third-order valence-corrected chi connectivity index (χ3v) is 2.74. The minimum Gasteiger partial charge on any atom is -0.397 e. The number of aromatic nitrogens is 2. The maximum absolute atomic E-state index is 5.86. The van der Waals surface area contributed by atoms with Crippen LogP contribution in [-0.4, -0.2) is 9.55 Å². The molecule has 0 aliphatic heterocycles. The maximum atomic E-state index is 5.86. The molecular weight excluding hydrogens is 162 g/mol. The highest BCUT2D eigenvalue weighted by Crippen LogP contribution is 2.27. The SMILES string of the molecule is Cc1c(C)n(C)c2cncc(N)c12. The molecule has 2 aromatic heterocycles. The molecule has 0 fully saturated rings. The Labute approximate surface area is 77.2 Å². The van der Waals surface area contributed by atoms with Crippen molar-refractivity contribution in [2.45, 2.75) is 13.8 Å². The quantitative estimate of drug-likeness (QED) is 0.663. The lowest BCUT2D eigenvalue weighted by molar-refractivity contribution is 0.908. The molecule has 2 N–H and O–H groups in total. The van der Waals surface area contributed by atoms with Gasteiger partial charge in [-0.1, -0.05) is 0 Å². The van der Waals surface area contributed by atoms with E-state index in [1.165, 1.54) is 11.3 Å². The van der Waals surface area contributed by atoms with Crippen molar-refractivity contribution in [2.24, 2.45) is 7.05 Å². The van der Waals surface area contributed by atoms with Crippen molar-refractivity contribution in [3.05, 3.63) is 23.7 Å². The van der Waals surface area contributed by atoms with Crippen molar-refractivity contribution in [1.82, 2.24) is 9.55 Å². The third kappa shape index (κ3) is 0.932. The first-order valence-corrected chi connectivity index (χ1v) is 4.28. The van der Waals surface area contributed by atoms with Gasteiger partial charge >= 0.3 is 0 Å². The molecule has 0 aliphatic rings. The standard InChI is InChI=1S/C10H13N3/c1-6-7(2)13(3)9-5-12-4-8(11)10(6)9/h4-5H,11H2,1-3H3. The Morgan fingerprint density at radius 3 is 2.62 bits per heavy atom. The molecule has 0 aliphatic carbocycles. The second kappa shape index (κ2) is 2.49. The zero-order valence-electron chi connectivity index (χ0n) is 8.13. The molecule has 13 heavy (non-hydrogen) atoms. The summed E-state index contributed by atoms with van der Waals surface area (Å²) in [5.74, 6) is 0. The average molecular weight is 175 g/mol. The van der Waals surface area contributed by atoms with E-state index in [4.69, 9.17) is 5.73 Å². The van der Waals surface area contributed by atoms with E-state index in [1.54, 1.807) is 6.20 Å². The van der Waals surface area contributed by atoms with Gasteiger partial charge in [-0.25, -0.2) is 0 Å². The minimum atomic E-state index is 0.763. The molecule has 2 rings (SSSR count). The molecule has 0 saturated heterocycles. The van der Waals surface area contributed by atoms with E-state index in [2.05, 4.69) is 23.4 Å². The van der Waals surface area contributed by atoms with Gasteiger partial charge in [0.25, 0.3) is 0 Å². The molecule has 0 atom stereocenters. The van der Waals surface area contributed by atoms with Gasteiger partial charge in [0, 0.05) is 18.1 Å². The molecule has 0 saturated carbocycles. The summed E-state index contributed by atoms with van der Waals surface area (Å²) in [4.78, 5) is 4.08. The predicted molar refractivity (Wildman–Crippen MR) is 54.6 cm³/mol. The highest BCUT2D eigenvalue weighted by molar-refractivity contribution is 5.94. The second-order valence-electron chi connectivity index (χ2n) is 3.39. The first-order valence-electron chi connectivity index (χ1n) is 4.28. The number of nitrogens with zero attached hydrogens (tertiary/aromatic N) is 2. The predicted octanol–water partition coefficient (Wildman–Crippen LogP) is 1.77. The highest BCUT2D eigenvalue weighted by atomic mass is 15.0. The Hall–Kier alpha value is -1.51. The van der Waals surface area contributed by atoms with Crippen molar-refractivity contribution in [2.75, 3.05) is 5.73 Å². The van der Waals surface area contributed by atoms with Crippen LogP contribution in [0.1, 0.15) is 11.3 Å². The molecule has 2 heterocycles. The van der Waals surface area contributed by atoms with E-state index >= 15 is 0 Å². The number of anilines is 1. The molecule has 3 heteroatoms. The largest absolute Gasteiger partial charge is 0.397 e. The number of nitrogens with two attached hydrogens (primary N) is 1. The Morgan fingerprint density at radius 2 is 2.00 bits per heavy atom. The second-order valence-corrected chi connectivity index (χ2v) is 3.39. The number of pyridine rings is 1. The smallest absolute Gasteiger partial charge is 0.0689 e. The summed E-state index contributed by atoms with van der Waals surface area (Å²) in [6.45, 7) is 4.18. The Kier molecular flexibility index (Phi) is 1.55. The lowest BCUT2D eigenvalue weighted by Crippen LogP contribution is -1.91. The zero-order chi connectivity index (χ0) is 9.59. The van der Waals surface area contributed by atoms with E-state index in [-0.39, 0.29) is 0 Å². The van der Waals surface area contributed by atoms with Crippen LogP contribution in [0.4, 0.5) is 5.69 Å². The van der Waals surface area contributed by atoms with Crippen molar-refractivity contribution >= 4 is 16.6 Å². The summed E-state index contributed by atoms with van der Waals surface area (Å²) >= 11 is 0. The number of nitrogen functional groups attached to an aromatic ring is 1. The van der Waals surface area contributed by atoms with Gasteiger partial charge in [-0.05, 0) is 19.4 Å². The van der Waals surface area contributed by atoms with E-state index in [9.17, 15) is 0 Å². The number of fused-ring (bicyclic) bond motifs is 1. The fourth-order valence-electron chi connectivity index (χ4n) is 1.74. The normalized spacial score (nSPS) is 11.0. The summed E-state index contributed by atoms with van der Waals surface area (Å²) in [5, 5.41) is 1.13. The summed E-state index contributed by atoms with van der Waals surface area (Å²) in [6.07, 6.45) is 3.56. The van der Waals surface area contributed by atoms with E-state index in [0.29, 0.717) is 0 Å². The van der Waals surface area contributed by atoms with Gasteiger partial charge in [-0.3, -0.25) is 4.98 Å².